The number of carbonyl (C=O) groups is 4. The van der Waals surface area contributed by atoms with E-state index in [-0.39, 0.29) is 44.7 Å². The van der Waals surface area contributed by atoms with Gasteiger partial charge in [-0.3, -0.25) is 19.2 Å². The predicted octanol–water partition coefficient (Wildman–Crippen LogP) is 1.09. The van der Waals surface area contributed by atoms with Crippen molar-refractivity contribution in [3.63, 3.8) is 0 Å². The second-order valence-corrected chi connectivity index (χ2v) is 6.21. The lowest BCUT2D eigenvalue weighted by atomic mass is 10.0. The number of anilines is 2. The van der Waals surface area contributed by atoms with Crippen LogP contribution in [0, 0.1) is 0 Å². The van der Waals surface area contributed by atoms with Crippen LogP contribution >= 0.6 is 31.9 Å². The van der Waals surface area contributed by atoms with Crippen molar-refractivity contribution in [2.45, 2.75) is 0 Å². The normalized spacial score (nSPS) is 9.93. The summed E-state index contributed by atoms with van der Waals surface area (Å²) in [5.74, 6) is -2.47. The highest BCUT2D eigenvalue weighted by Gasteiger charge is 2.33. The molecule has 0 saturated heterocycles. The third-order valence-corrected chi connectivity index (χ3v) is 4.51. The molecule has 28 heavy (non-hydrogen) atoms. The highest BCUT2D eigenvalue weighted by molar-refractivity contribution is 9.09. The van der Waals surface area contributed by atoms with E-state index in [1.165, 1.54) is 28.3 Å². The molecule has 0 heterocycles. The first-order valence-corrected chi connectivity index (χ1v) is 10.0. The van der Waals surface area contributed by atoms with E-state index < -0.39 is 23.6 Å². The molecule has 10 nitrogen and oxygen atoms in total. The quantitative estimate of drug-likeness (QED) is 0.377. The number of ether oxygens (including phenoxy) is 2. The van der Waals surface area contributed by atoms with Gasteiger partial charge in [-0.25, -0.2) is 0 Å². The number of methoxy groups -OCH3 is 2. The molecular formula is C16H20Br2N4O6. The standard InChI is InChI=1S/C16H20Br2N4O6/c1-19-15(25)9-11(21-7(23)5-17)14(28-4)10(16(26)20-2)12(13(9)27-3)22-8(24)6-18/h5-6H2,1-4H3,(H,19,25)(H,20,26)(H,21,23)(H,22,24). The third-order valence-electron chi connectivity index (χ3n) is 3.50. The molecule has 0 saturated carbocycles. The lowest BCUT2D eigenvalue weighted by Crippen LogP contribution is -2.28. The van der Waals surface area contributed by atoms with Gasteiger partial charge in [-0.2, -0.15) is 0 Å². The van der Waals surface area contributed by atoms with Crippen LogP contribution in [0.25, 0.3) is 0 Å². The summed E-state index contributed by atoms with van der Waals surface area (Å²) >= 11 is 6.05. The van der Waals surface area contributed by atoms with Crippen molar-refractivity contribution < 1.29 is 28.7 Å². The average molecular weight is 524 g/mol. The van der Waals surface area contributed by atoms with Gasteiger partial charge < -0.3 is 30.7 Å². The zero-order valence-corrected chi connectivity index (χ0v) is 18.8. The Morgan fingerprint density at radius 3 is 1.29 bits per heavy atom. The molecule has 0 unspecified atom stereocenters. The molecule has 12 heteroatoms. The zero-order valence-electron chi connectivity index (χ0n) is 15.6. The first-order chi connectivity index (χ1) is 13.3. The summed E-state index contributed by atoms with van der Waals surface area (Å²) in [5, 5.41) is 9.80. The Balaban J connectivity index is 4.08. The molecule has 0 fully saturated rings. The van der Waals surface area contributed by atoms with Crippen LogP contribution < -0.4 is 30.7 Å². The van der Waals surface area contributed by atoms with Crippen LogP contribution in [0.3, 0.4) is 0 Å². The smallest absolute Gasteiger partial charge is 0.257 e. The lowest BCUT2D eigenvalue weighted by Gasteiger charge is -2.23. The molecule has 0 aliphatic heterocycles. The van der Waals surface area contributed by atoms with E-state index in [0.29, 0.717) is 0 Å². The van der Waals surface area contributed by atoms with E-state index in [4.69, 9.17) is 9.47 Å². The Kier molecular flexibility index (Phi) is 9.19. The van der Waals surface area contributed by atoms with Gasteiger partial charge in [0.25, 0.3) is 11.8 Å². The lowest BCUT2D eigenvalue weighted by molar-refractivity contribution is -0.114. The molecule has 4 N–H and O–H groups in total. The van der Waals surface area contributed by atoms with Gasteiger partial charge in [-0.05, 0) is 0 Å². The van der Waals surface area contributed by atoms with Crippen molar-refractivity contribution in [1.82, 2.24) is 10.6 Å². The average Bonchev–Trinajstić information content (AvgIpc) is 2.71. The van der Waals surface area contributed by atoms with Crippen molar-refractivity contribution >= 4 is 66.9 Å². The van der Waals surface area contributed by atoms with Crippen molar-refractivity contribution in [3.05, 3.63) is 11.1 Å². The number of rotatable bonds is 8. The van der Waals surface area contributed by atoms with Crippen LogP contribution in [0.2, 0.25) is 0 Å². The van der Waals surface area contributed by atoms with Crippen LogP contribution in [0.4, 0.5) is 11.4 Å². The van der Waals surface area contributed by atoms with Crippen LogP contribution in [-0.2, 0) is 9.59 Å². The SMILES string of the molecule is CNC(=O)c1c(NC(=O)CBr)c(OC)c(C(=O)NC)c(NC(=O)CBr)c1OC. The molecule has 0 bridgehead atoms. The molecule has 0 aliphatic rings. The number of hydrogen-bond acceptors (Lipinski definition) is 6. The zero-order chi connectivity index (χ0) is 21.4. The number of nitrogens with one attached hydrogen (secondary N) is 4. The first kappa shape index (κ1) is 23.7. The number of benzene rings is 1. The van der Waals surface area contributed by atoms with Crippen molar-refractivity contribution in [1.29, 1.82) is 0 Å². The third kappa shape index (κ3) is 4.93. The second-order valence-electron chi connectivity index (χ2n) is 5.09. The predicted molar refractivity (Wildman–Crippen MR) is 111 cm³/mol. The fourth-order valence-electron chi connectivity index (χ4n) is 2.38. The van der Waals surface area contributed by atoms with Gasteiger partial charge in [0.15, 0.2) is 11.5 Å². The number of halogens is 2. The summed E-state index contributed by atoms with van der Waals surface area (Å²) < 4.78 is 10.7. The molecular weight excluding hydrogens is 504 g/mol. The summed E-state index contributed by atoms with van der Waals surface area (Å²) in [6.07, 6.45) is 0. The molecule has 1 rings (SSSR count). The second kappa shape index (κ2) is 10.9. The van der Waals surface area contributed by atoms with E-state index in [1.54, 1.807) is 0 Å². The van der Waals surface area contributed by atoms with E-state index in [1.807, 2.05) is 0 Å². The number of amides is 4. The topological polar surface area (TPSA) is 135 Å². The summed E-state index contributed by atoms with van der Waals surface area (Å²) in [4.78, 5) is 49.2. The summed E-state index contributed by atoms with van der Waals surface area (Å²) in [6, 6.07) is 0. The minimum Gasteiger partial charge on any atom is -0.494 e. The van der Waals surface area contributed by atoms with Crippen molar-refractivity contribution in [3.8, 4) is 11.5 Å². The Morgan fingerprint density at radius 2 is 1.07 bits per heavy atom. The van der Waals surface area contributed by atoms with Crippen LogP contribution in [0.5, 0.6) is 11.5 Å². The number of hydrogen-bond donors (Lipinski definition) is 4. The van der Waals surface area contributed by atoms with E-state index in [0.717, 1.165) is 0 Å². The van der Waals surface area contributed by atoms with Crippen molar-refractivity contribution in [2.75, 3.05) is 49.6 Å². The maximum atomic E-state index is 12.6. The maximum absolute atomic E-state index is 12.6. The molecule has 0 radical (unpaired) electrons. The Labute approximate surface area is 178 Å². The first-order valence-electron chi connectivity index (χ1n) is 7.78. The van der Waals surface area contributed by atoms with Gasteiger partial charge in [0.2, 0.25) is 11.8 Å². The molecule has 4 amide bonds. The van der Waals surface area contributed by atoms with Crippen molar-refractivity contribution in [2.24, 2.45) is 0 Å². The van der Waals surface area contributed by atoms with E-state index >= 15 is 0 Å². The monoisotopic (exact) mass is 522 g/mol. The van der Waals surface area contributed by atoms with Gasteiger partial charge in [0, 0.05) is 14.1 Å². The van der Waals surface area contributed by atoms with E-state index in [9.17, 15) is 19.2 Å². The van der Waals surface area contributed by atoms with Gasteiger partial charge in [0.1, 0.15) is 22.5 Å². The fraction of sp³-hybridized carbons (Fsp3) is 0.375. The van der Waals surface area contributed by atoms with E-state index in [2.05, 4.69) is 53.1 Å². The van der Waals surface area contributed by atoms with Gasteiger partial charge >= 0.3 is 0 Å². The fourth-order valence-corrected chi connectivity index (χ4v) is 2.66. The molecule has 0 spiro atoms. The number of carbonyl (C=O) groups excluding carboxylic acids is 4. The molecule has 0 aliphatic carbocycles. The minimum absolute atomic E-state index is 0.0664. The Hall–Kier alpha value is -2.34. The number of alkyl halides is 2. The molecule has 0 aromatic heterocycles. The molecule has 1 aromatic carbocycles. The molecule has 0 atom stereocenters. The largest absolute Gasteiger partial charge is 0.494 e. The van der Waals surface area contributed by atoms with Gasteiger partial charge in [-0.15, -0.1) is 0 Å². The maximum Gasteiger partial charge on any atom is 0.257 e. The summed E-state index contributed by atoms with van der Waals surface area (Å²) in [5.41, 5.74) is -0.375. The molecule has 154 valence electrons. The van der Waals surface area contributed by atoms with Crippen LogP contribution in [-0.4, -0.2) is 62.6 Å². The summed E-state index contributed by atoms with van der Waals surface area (Å²) in [7, 11) is 5.30. The van der Waals surface area contributed by atoms with Crippen LogP contribution in [0.1, 0.15) is 20.7 Å². The highest BCUT2D eigenvalue weighted by atomic mass is 79.9. The summed E-state index contributed by atoms with van der Waals surface area (Å²) in [6.45, 7) is 0. The Morgan fingerprint density at radius 1 is 0.750 bits per heavy atom. The highest BCUT2D eigenvalue weighted by Crippen LogP contribution is 2.46. The molecule has 1 aromatic rings. The van der Waals surface area contributed by atoms with Gasteiger partial charge in [-0.1, -0.05) is 31.9 Å². The van der Waals surface area contributed by atoms with Crippen LogP contribution in [0.15, 0.2) is 0 Å². The minimum atomic E-state index is -0.627. The Bertz CT molecular complexity index is 734. The van der Waals surface area contributed by atoms with Gasteiger partial charge in [0.05, 0.1) is 24.9 Å².